The second-order valence-electron chi connectivity index (χ2n) is 9.78. The van der Waals surface area contributed by atoms with Crippen molar-refractivity contribution in [2.24, 2.45) is 28.1 Å². The third kappa shape index (κ3) is 32.2. The van der Waals surface area contributed by atoms with Gasteiger partial charge >= 0.3 is 5.97 Å². The van der Waals surface area contributed by atoms with Crippen LogP contribution in [0, 0.1) is 5.92 Å². The third-order valence-electron chi connectivity index (χ3n) is 6.31. The van der Waals surface area contributed by atoms with Crippen molar-refractivity contribution in [3.8, 4) is 0 Å². The lowest BCUT2D eigenvalue weighted by atomic mass is 9.95. The molecule has 0 radical (unpaired) electrons. The zero-order chi connectivity index (χ0) is 26.6. The Labute approximate surface area is 216 Å². The van der Waals surface area contributed by atoms with E-state index in [4.69, 9.17) is 22.3 Å². The average Bonchev–Trinajstić information content (AvgIpc) is 2.81. The first-order valence-electron chi connectivity index (χ1n) is 14.4. The highest BCUT2D eigenvalue weighted by molar-refractivity contribution is 5.76. The highest BCUT2D eigenvalue weighted by atomic mass is 16.4. The van der Waals surface area contributed by atoms with Gasteiger partial charge in [0.25, 0.3) is 0 Å². The van der Waals surface area contributed by atoms with Gasteiger partial charge in [0, 0.05) is 18.9 Å². The Kier molecular flexibility index (Phi) is 28.7. The number of carboxylic acids is 1. The van der Waals surface area contributed by atoms with E-state index in [0.717, 1.165) is 38.5 Å². The van der Waals surface area contributed by atoms with Gasteiger partial charge in [-0.25, -0.2) is 0 Å². The Hall–Kier alpha value is -1.79. The van der Waals surface area contributed by atoms with Crippen LogP contribution in [0.15, 0.2) is 4.99 Å². The lowest BCUT2D eigenvalue weighted by Crippen LogP contribution is -2.24. The predicted octanol–water partition coefficient (Wildman–Crippen LogP) is 6.66. The van der Waals surface area contributed by atoms with Gasteiger partial charge in [-0.2, -0.15) is 0 Å². The number of hydrogen-bond acceptors (Lipinski definition) is 3. The fraction of sp³-hybridized carbons (Fsp3) is 0.893. The van der Waals surface area contributed by atoms with Gasteiger partial charge < -0.3 is 22.3 Å². The van der Waals surface area contributed by atoms with Crippen LogP contribution >= 0.6 is 0 Å². The Morgan fingerprint density at radius 2 is 1.03 bits per heavy atom. The second kappa shape index (κ2) is 28.4. The van der Waals surface area contributed by atoms with Gasteiger partial charge in [-0.05, 0) is 25.7 Å². The minimum absolute atomic E-state index is 0.0284. The molecule has 35 heavy (non-hydrogen) atoms. The third-order valence-corrected chi connectivity index (χ3v) is 6.31. The maximum Gasteiger partial charge on any atom is 0.303 e. The molecule has 7 heteroatoms. The molecular formula is C28H58N4O3. The molecule has 1 atom stereocenters. The van der Waals surface area contributed by atoms with Crippen LogP contribution in [0.1, 0.15) is 149 Å². The Morgan fingerprint density at radius 3 is 1.43 bits per heavy atom. The monoisotopic (exact) mass is 498 g/mol. The lowest BCUT2D eigenvalue weighted by molar-refractivity contribution is -0.137. The van der Waals surface area contributed by atoms with Crippen molar-refractivity contribution in [1.29, 1.82) is 0 Å². The highest BCUT2D eigenvalue weighted by Gasteiger charge is 2.14. The van der Waals surface area contributed by atoms with Gasteiger partial charge in [0.1, 0.15) is 0 Å². The van der Waals surface area contributed by atoms with Gasteiger partial charge in [-0.1, -0.05) is 117 Å². The van der Waals surface area contributed by atoms with E-state index in [2.05, 4.69) is 18.8 Å². The van der Waals surface area contributed by atoms with E-state index >= 15 is 0 Å². The maximum absolute atomic E-state index is 11.4. The van der Waals surface area contributed by atoms with Gasteiger partial charge in [0.15, 0.2) is 5.96 Å². The molecular weight excluding hydrogens is 440 g/mol. The molecule has 1 amide bonds. The van der Waals surface area contributed by atoms with Crippen molar-refractivity contribution >= 4 is 17.8 Å². The largest absolute Gasteiger partial charge is 0.481 e. The van der Waals surface area contributed by atoms with Crippen molar-refractivity contribution < 1.29 is 14.7 Å². The van der Waals surface area contributed by atoms with Crippen molar-refractivity contribution in [3.05, 3.63) is 0 Å². The number of aliphatic carboxylic acids is 1. The van der Waals surface area contributed by atoms with E-state index in [-0.39, 0.29) is 17.8 Å². The summed E-state index contributed by atoms with van der Waals surface area (Å²) in [7, 11) is 0. The van der Waals surface area contributed by atoms with Crippen LogP contribution in [-0.2, 0) is 9.59 Å². The molecule has 0 aliphatic rings. The molecule has 0 aromatic rings. The number of rotatable bonds is 24. The number of aliphatic imine (C=N–C) groups is 1. The average molecular weight is 499 g/mol. The predicted molar refractivity (Wildman–Crippen MR) is 149 cm³/mol. The van der Waals surface area contributed by atoms with Crippen LogP contribution in [0.5, 0.6) is 0 Å². The summed E-state index contributed by atoms with van der Waals surface area (Å²) in [4.78, 5) is 25.5. The first-order chi connectivity index (χ1) is 16.8. The molecule has 7 N–H and O–H groups in total. The van der Waals surface area contributed by atoms with Crippen LogP contribution in [0.3, 0.4) is 0 Å². The van der Waals surface area contributed by atoms with E-state index in [1.165, 1.54) is 89.9 Å². The quantitative estimate of drug-likeness (QED) is 0.0667. The van der Waals surface area contributed by atoms with E-state index in [0.29, 0.717) is 13.0 Å². The molecule has 0 saturated heterocycles. The number of primary amides is 1. The lowest BCUT2D eigenvalue weighted by Gasteiger charge is -2.12. The Balaban J connectivity index is 0. The van der Waals surface area contributed by atoms with Gasteiger partial charge in [0.2, 0.25) is 5.91 Å². The molecule has 0 heterocycles. The molecule has 0 rings (SSSR count). The first-order valence-corrected chi connectivity index (χ1v) is 14.4. The molecule has 0 fully saturated rings. The SMILES string of the molecule is CCCCCCCCCCC(CCCN=C(N)N)C(N)=O.CCCCCCCCCCCC(=O)O. The number of amides is 1. The molecule has 7 nitrogen and oxygen atoms in total. The van der Waals surface area contributed by atoms with Gasteiger partial charge in [0.05, 0.1) is 0 Å². The van der Waals surface area contributed by atoms with Crippen molar-refractivity contribution in [1.82, 2.24) is 0 Å². The number of carboxylic acid groups (broad SMARTS) is 1. The van der Waals surface area contributed by atoms with E-state index in [9.17, 15) is 9.59 Å². The van der Waals surface area contributed by atoms with Crippen molar-refractivity contribution in [2.45, 2.75) is 149 Å². The normalized spacial score (nSPS) is 11.4. The maximum atomic E-state index is 11.4. The molecule has 0 aliphatic heterocycles. The van der Waals surface area contributed by atoms with Crippen LogP contribution in [0.2, 0.25) is 0 Å². The first kappa shape index (κ1) is 35.4. The number of nitrogens with two attached hydrogens (primary N) is 3. The van der Waals surface area contributed by atoms with Crippen molar-refractivity contribution in [3.63, 3.8) is 0 Å². The second-order valence-corrected chi connectivity index (χ2v) is 9.78. The minimum Gasteiger partial charge on any atom is -0.481 e. The molecule has 0 spiro atoms. The molecule has 1 unspecified atom stereocenters. The molecule has 0 aliphatic carbocycles. The molecule has 0 saturated carbocycles. The van der Waals surface area contributed by atoms with E-state index < -0.39 is 5.97 Å². The zero-order valence-electron chi connectivity index (χ0n) is 23.1. The number of carbonyl (C=O) groups is 2. The summed E-state index contributed by atoms with van der Waals surface area (Å²) in [6, 6.07) is 0. The van der Waals surface area contributed by atoms with E-state index in [1.54, 1.807) is 0 Å². The Bertz CT molecular complexity index is 508. The topological polar surface area (TPSA) is 145 Å². The summed E-state index contributed by atoms with van der Waals surface area (Å²) < 4.78 is 0. The minimum atomic E-state index is -0.659. The summed E-state index contributed by atoms with van der Waals surface area (Å²) in [5.41, 5.74) is 16.0. The standard InChI is InChI=1S/C16H34N4O.C12H24O2/c1-2-3-4-5-6-7-8-9-11-14(15(17)21)12-10-13-20-16(18)19;1-2-3-4-5-6-7-8-9-10-11-12(13)14/h14H,2-13H2,1H3,(H2,17,21)(H4,18,19,20);2-11H2,1H3,(H,13,14). The van der Waals surface area contributed by atoms with E-state index in [1.807, 2.05) is 0 Å². The number of nitrogens with zero attached hydrogens (tertiary/aromatic N) is 1. The molecule has 0 aromatic heterocycles. The Morgan fingerprint density at radius 1 is 0.629 bits per heavy atom. The number of unbranched alkanes of at least 4 members (excludes halogenated alkanes) is 15. The van der Waals surface area contributed by atoms with Crippen LogP contribution in [0.25, 0.3) is 0 Å². The van der Waals surface area contributed by atoms with Gasteiger partial charge in [-0.15, -0.1) is 0 Å². The van der Waals surface area contributed by atoms with Crippen LogP contribution in [0.4, 0.5) is 0 Å². The van der Waals surface area contributed by atoms with Crippen LogP contribution in [-0.4, -0.2) is 29.5 Å². The highest BCUT2D eigenvalue weighted by Crippen LogP contribution is 2.17. The van der Waals surface area contributed by atoms with Crippen molar-refractivity contribution in [2.75, 3.05) is 6.54 Å². The summed E-state index contributed by atoms with van der Waals surface area (Å²) in [6.45, 7) is 5.03. The number of hydrogen-bond donors (Lipinski definition) is 4. The summed E-state index contributed by atoms with van der Waals surface area (Å²) in [5, 5.41) is 8.41. The molecule has 0 aromatic carbocycles. The number of guanidine groups is 1. The molecule has 208 valence electrons. The van der Waals surface area contributed by atoms with Crippen LogP contribution < -0.4 is 17.2 Å². The smallest absolute Gasteiger partial charge is 0.303 e. The number of carbonyl (C=O) groups excluding carboxylic acids is 1. The molecule has 0 bridgehead atoms. The summed E-state index contributed by atoms with van der Waals surface area (Å²) >= 11 is 0. The summed E-state index contributed by atoms with van der Waals surface area (Å²) in [5.74, 6) is -0.774. The zero-order valence-corrected chi connectivity index (χ0v) is 23.1. The summed E-state index contributed by atoms with van der Waals surface area (Å²) in [6.07, 6.45) is 24.2. The van der Waals surface area contributed by atoms with Gasteiger partial charge in [-0.3, -0.25) is 14.6 Å². The fourth-order valence-electron chi connectivity index (χ4n) is 4.09. The fourth-order valence-corrected chi connectivity index (χ4v) is 4.09.